The molecular formula is C21H19N3O3S. The molecule has 142 valence electrons. The molecule has 3 N–H and O–H groups in total. The number of rotatable bonds is 4. The summed E-state index contributed by atoms with van der Waals surface area (Å²) in [5, 5.41) is 4.66. The second kappa shape index (κ2) is 7.01. The van der Waals surface area contributed by atoms with Crippen LogP contribution in [0, 0.1) is 6.92 Å². The number of aromatic nitrogens is 1. The van der Waals surface area contributed by atoms with Crippen molar-refractivity contribution in [2.24, 2.45) is 0 Å². The molecule has 0 unspecified atom stereocenters. The van der Waals surface area contributed by atoms with Gasteiger partial charge in [-0.15, -0.1) is 11.3 Å². The predicted molar refractivity (Wildman–Crippen MR) is 114 cm³/mol. The number of fused-ring (bicyclic) bond motifs is 2. The highest BCUT2D eigenvalue weighted by Crippen LogP contribution is 2.36. The number of thiophene rings is 1. The quantitative estimate of drug-likeness (QED) is 0.529. The Bertz CT molecular complexity index is 1190. The highest BCUT2D eigenvalue weighted by molar-refractivity contribution is 7.21. The normalized spacial score (nSPS) is 11.0. The summed E-state index contributed by atoms with van der Waals surface area (Å²) in [6.07, 6.45) is 0. The average Bonchev–Trinajstić information content (AvgIpc) is 3.02. The molecule has 7 heteroatoms. The molecule has 6 nitrogen and oxygen atoms in total. The van der Waals surface area contributed by atoms with E-state index in [2.05, 4.69) is 5.32 Å². The molecule has 0 saturated heterocycles. The summed E-state index contributed by atoms with van der Waals surface area (Å²) in [4.78, 5) is 18.8. The number of para-hydroxylation sites is 1. The Morgan fingerprint density at radius 3 is 2.50 bits per heavy atom. The number of benzene rings is 2. The van der Waals surface area contributed by atoms with Crippen LogP contribution in [-0.4, -0.2) is 25.1 Å². The second-order valence-corrected chi connectivity index (χ2v) is 7.39. The van der Waals surface area contributed by atoms with Crippen molar-refractivity contribution < 1.29 is 14.3 Å². The van der Waals surface area contributed by atoms with Crippen molar-refractivity contribution >= 4 is 49.7 Å². The molecule has 0 aliphatic rings. The number of anilines is 2. The number of methoxy groups -OCH3 is 2. The van der Waals surface area contributed by atoms with E-state index < -0.39 is 0 Å². The third-order valence-corrected chi connectivity index (χ3v) is 5.68. The lowest BCUT2D eigenvalue weighted by molar-refractivity contribution is 0.103. The van der Waals surface area contributed by atoms with Crippen molar-refractivity contribution in [3.8, 4) is 11.5 Å². The fourth-order valence-electron chi connectivity index (χ4n) is 3.11. The van der Waals surface area contributed by atoms with E-state index in [0.717, 1.165) is 26.7 Å². The molecule has 2 aromatic carbocycles. The van der Waals surface area contributed by atoms with Crippen LogP contribution in [0.25, 0.3) is 21.1 Å². The van der Waals surface area contributed by atoms with E-state index in [1.165, 1.54) is 11.3 Å². The fraction of sp³-hybridized carbons (Fsp3) is 0.143. The Hall–Kier alpha value is -3.32. The maximum absolute atomic E-state index is 12.9. The zero-order chi connectivity index (χ0) is 19.8. The molecule has 2 aromatic heterocycles. The van der Waals surface area contributed by atoms with E-state index in [1.54, 1.807) is 32.4 Å². The van der Waals surface area contributed by atoms with E-state index in [0.29, 0.717) is 27.8 Å². The Labute approximate surface area is 165 Å². The summed E-state index contributed by atoms with van der Waals surface area (Å²) in [6, 6.07) is 13.2. The number of nitrogens with two attached hydrogens (primary N) is 1. The van der Waals surface area contributed by atoms with E-state index in [-0.39, 0.29) is 5.91 Å². The Balaban J connectivity index is 1.74. The summed E-state index contributed by atoms with van der Waals surface area (Å²) in [5.41, 5.74) is 9.29. The van der Waals surface area contributed by atoms with Crippen LogP contribution >= 0.6 is 11.3 Å². The lowest BCUT2D eigenvalue weighted by atomic mass is 10.1. The number of ether oxygens (including phenoxy) is 2. The molecule has 2 heterocycles. The first-order valence-electron chi connectivity index (χ1n) is 8.63. The van der Waals surface area contributed by atoms with Crippen LogP contribution in [0.3, 0.4) is 0 Å². The van der Waals surface area contributed by atoms with Crippen molar-refractivity contribution in [3.05, 3.63) is 52.9 Å². The standard InChI is InChI=1S/C21H19N3O3S/c1-11-5-4-6-12-7-16-17(22)19(28-21(16)24-18(11)12)20(25)23-13-8-14(26-2)10-15(9-13)27-3/h4-10H,22H2,1-3H3,(H,23,25). The van der Waals surface area contributed by atoms with Gasteiger partial charge < -0.3 is 20.5 Å². The topological polar surface area (TPSA) is 86.5 Å². The van der Waals surface area contributed by atoms with Crippen LogP contribution in [-0.2, 0) is 0 Å². The first kappa shape index (κ1) is 18.1. The van der Waals surface area contributed by atoms with Gasteiger partial charge >= 0.3 is 0 Å². The summed E-state index contributed by atoms with van der Waals surface area (Å²) < 4.78 is 10.5. The van der Waals surface area contributed by atoms with Gasteiger partial charge in [0.2, 0.25) is 0 Å². The number of amides is 1. The molecule has 0 radical (unpaired) electrons. The highest BCUT2D eigenvalue weighted by atomic mass is 32.1. The lowest BCUT2D eigenvalue weighted by Crippen LogP contribution is -2.12. The third-order valence-electron chi connectivity index (χ3n) is 4.56. The lowest BCUT2D eigenvalue weighted by Gasteiger charge is -2.09. The van der Waals surface area contributed by atoms with Crippen molar-refractivity contribution in [3.63, 3.8) is 0 Å². The molecule has 0 aliphatic carbocycles. The van der Waals surface area contributed by atoms with Gasteiger partial charge in [0.1, 0.15) is 21.2 Å². The minimum Gasteiger partial charge on any atom is -0.497 e. The fourth-order valence-corrected chi connectivity index (χ4v) is 4.08. The smallest absolute Gasteiger partial charge is 0.267 e. The average molecular weight is 393 g/mol. The number of carbonyl (C=O) groups is 1. The molecule has 0 atom stereocenters. The zero-order valence-corrected chi connectivity index (χ0v) is 16.5. The molecule has 28 heavy (non-hydrogen) atoms. The third kappa shape index (κ3) is 3.10. The first-order chi connectivity index (χ1) is 13.5. The summed E-state index contributed by atoms with van der Waals surface area (Å²) in [5.74, 6) is 0.876. The van der Waals surface area contributed by atoms with Gasteiger partial charge in [-0.1, -0.05) is 18.2 Å². The molecule has 4 rings (SSSR count). The van der Waals surface area contributed by atoms with Crippen LogP contribution in [0.5, 0.6) is 11.5 Å². The highest BCUT2D eigenvalue weighted by Gasteiger charge is 2.19. The molecule has 0 bridgehead atoms. The number of aryl methyl sites for hydroxylation is 1. The van der Waals surface area contributed by atoms with Gasteiger partial charge in [-0.05, 0) is 18.6 Å². The molecule has 0 spiro atoms. The maximum Gasteiger partial charge on any atom is 0.267 e. The van der Waals surface area contributed by atoms with Gasteiger partial charge in [-0.3, -0.25) is 4.79 Å². The monoisotopic (exact) mass is 393 g/mol. The van der Waals surface area contributed by atoms with Crippen molar-refractivity contribution in [2.45, 2.75) is 6.92 Å². The van der Waals surface area contributed by atoms with Gasteiger partial charge in [-0.2, -0.15) is 0 Å². The van der Waals surface area contributed by atoms with E-state index in [9.17, 15) is 4.79 Å². The van der Waals surface area contributed by atoms with Crippen LogP contribution in [0.4, 0.5) is 11.4 Å². The van der Waals surface area contributed by atoms with Crippen molar-refractivity contribution in [1.29, 1.82) is 0 Å². The number of hydrogen-bond donors (Lipinski definition) is 2. The molecule has 1 amide bonds. The van der Waals surface area contributed by atoms with Gasteiger partial charge in [0.05, 0.1) is 25.4 Å². The van der Waals surface area contributed by atoms with Gasteiger partial charge in [0.15, 0.2) is 0 Å². The van der Waals surface area contributed by atoms with Crippen molar-refractivity contribution in [2.75, 3.05) is 25.3 Å². The first-order valence-corrected chi connectivity index (χ1v) is 9.44. The van der Waals surface area contributed by atoms with Crippen LogP contribution in [0.1, 0.15) is 15.2 Å². The number of pyridine rings is 1. The number of hydrogen-bond acceptors (Lipinski definition) is 6. The number of carbonyl (C=O) groups excluding carboxylic acids is 1. The van der Waals surface area contributed by atoms with Gasteiger partial charge in [0, 0.05) is 34.7 Å². The summed E-state index contributed by atoms with van der Waals surface area (Å²) in [6.45, 7) is 2.02. The Morgan fingerprint density at radius 1 is 1.11 bits per heavy atom. The molecule has 4 aromatic rings. The van der Waals surface area contributed by atoms with Crippen LogP contribution in [0.15, 0.2) is 42.5 Å². The SMILES string of the molecule is COc1cc(NC(=O)c2sc3nc4c(C)cccc4cc3c2N)cc(OC)c1. The zero-order valence-electron chi connectivity index (χ0n) is 15.7. The molecule has 0 fully saturated rings. The van der Waals surface area contributed by atoms with Gasteiger partial charge in [0.25, 0.3) is 5.91 Å². The largest absolute Gasteiger partial charge is 0.497 e. The maximum atomic E-state index is 12.9. The minimum absolute atomic E-state index is 0.295. The van der Waals surface area contributed by atoms with E-state index in [4.69, 9.17) is 20.2 Å². The summed E-state index contributed by atoms with van der Waals surface area (Å²) in [7, 11) is 3.12. The number of nitrogen functional groups attached to an aromatic ring is 1. The summed E-state index contributed by atoms with van der Waals surface area (Å²) >= 11 is 1.28. The van der Waals surface area contributed by atoms with Crippen molar-refractivity contribution in [1.82, 2.24) is 4.98 Å². The van der Waals surface area contributed by atoms with Gasteiger partial charge in [-0.25, -0.2) is 4.98 Å². The second-order valence-electron chi connectivity index (χ2n) is 6.39. The number of nitrogens with one attached hydrogen (secondary N) is 1. The molecular weight excluding hydrogens is 374 g/mol. The van der Waals surface area contributed by atoms with Crippen LogP contribution < -0.4 is 20.5 Å². The minimum atomic E-state index is -0.295. The predicted octanol–water partition coefficient (Wildman–Crippen LogP) is 4.61. The Morgan fingerprint density at radius 2 is 1.82 bits per heavy atom. The number of nitrogens with zero attached hydrogens (tertiary/aromatic N) is 1. The molecule has 0 aliphatic heterocycles. The molecule has 0 saturated carbocycles. The van der Waals surface area contributed by atoms with Crippen LogP contribution in [0.2, 0.25) is 0 Å². The Kier molecular flexibility index (Phi) is 4.52. The van der Waals surface area contributed by atoms with E-state index >= 15 is 0 Å². The van der Waals surface area contributed by atoms with E-state index in [1.807, 2.05) is 31.2 Å².